The van der Waals surface area contributed by atoms with E-state index in [0.717, 1.165) is 35.7 Å². The Balaban J connectivity index is 0.000000840. The molecule has 12 nitrogen and oxygen atoms in total. The molecule has 1 aromatic carbocycles. The lowest BCUT2D eigenvalue weighted by atomic mass is 10.1. The molecule has 3 heterocycles. The van der Waals surface area contributed by atoms with Gasteiger partial charge in [-0.1, -0.05) is 0 Å². The summed E-state index contributed by atoms with van der Waals surface area (Å²) in [4.78, 5) is 47.1. The van der Waals surface area contributed by atoms with Crippen molar-refractivity contribution in [1.29, 1.82) is 0 Å². The Bertz CT molecular complexity index is 1060. The third-order valence-corrected chi connectivity index (χ3v) is 5.66. The van der Waals surface area contributed by atoms with E-state index >= 15 is 0 Å². The SMILES string of the molecule is CC1COCCN1c1nc(-c2ccc(NC(=O)NCC(=O)O)cc2)nc2c1CN(C=O)C2.CCOC. The number of nitrogens with zero attached hydrogens (tertiary/aromatic N) is 4. The van der Waals surface area contributed by atoms with Gasteiger partial charge in [0.2, 0.25) is 6.41 Å². The Morgan fingerprint density at radius 3 is 2.58 bits per heavy atom. The predicted octanol–water partition coefficient (Wildman–Crippen LogP) is 1.70. The highest BCUT2D eigenvalue weighted by molar-refractivity contribution is 5.91. The largest absolute Gasteiger partial charge is 0.480 e. The average molecular weight is 501 g/mol. The minimum Gasteiger partial charge on any atom is -0.480 e. The molecule has 2 aromatic rings. The second-order valence-electron chi connectivity index (χ2n) is 8.28. The Morgan fingerprint density at radius 1 is 1.25 bits per heavy atom. The van der Waals surface area contributed by atoms with Crippen LogP contribution in [0.3, 0.4) is 0 Å². The third kappa shape index (κ3) is 6.89. The van der Waals surface area contributed by atoms with E-state index in [9.17, 15) is 14.4 Å². The number of hydrogen-bond donors (Lipinski definition) is 3. The summed E-state index contributed by atoms with van der Waals surface area (Å²) < 4.78 is 10.1. The van der Waals surface area contributed by atoms with E-state index in [1.807, 2.05) is 6.92 Å². The maximum Gasteiger partial charge on any atom is 0.323 e. The molecule has 4 rings (SSSR count). The number of aromatic nitrogens is 2. The summed E-state index contributed by atoms with van der Waals surface area (Å²) in [6.07, 6.45) is 0.823. The van der Waals surface area contributed by atoms with Gasteiger partial charge in [0.1, 0.15) is 12.4 Å². The van der Waals surface area contributed by atoms with Gasteiger partial charge >= 0.3 is 12.0 Å². The van der Waals surface area contributed by atoms with Gasteiger partial charge in [-0.15, -0.1) is 0 Å². The highest BCUT2D eigenvalue weighted by atomic mass is 16.5. The fourth-order valence-corrected chi connectivity index (χ4v) is 3.78. The average Bonchev–Trinajstić information content (AvgIpc) is 3.31. The van der Waals surface area contributed by atoms with Crippen LogP contribution < -0.4 is 15.5 Å². The topological polar surface area (TPSA) is 146 Å². The van der Waals surface area contributed by atoms with E-state index in [0.29, 0.717) is 44.4 Å². The van der Waals surface area contributed by atoms with Crippen molar-refractivity contribution in [3.63, 3.8) is 0 Å². The fourth-order valence-electron chi connectivity index (χ4n) is 3.78. The van der Waals surface area contributed by atoms with Crippen molar-refractivity contribution in [3.8, 4) is 11.4 Å². The number of aliphatic carboxylic acids is 1. The molecule has 0 spiro atoms. The van der Waals surface area contributed by atoms with Crippen LogP contribution in [0.15, 0.2) is 24.3 Å². The predicted molar refractivity (Wildman–Crippen MR) is 133 cm³/mol. The van der Waals surface area contributed by atoms with Crippen LogP contribution in [0.1, 0.15) is 25.1 Å². The standard InChI is InChI=1S/C21H24N6O5.C3H8O/c1-13-11-32-7-6-27(13)20-16-9-26(12-28)10-17(16)24-19(25-20)14-2-4-15(5-3-14)23-21(31)22-8-18(29)30;1-3-4-2/h2-5,12-13H,6-11H2,1H3,(H,29,30)(H2,22,23,31);3H2,1-2H3. The Kier molecular flexibility index (Phi) is 9.53. The number of anilines is 2. The fraction of sp³-hybridized carbons (Fsp3) is 0.458. The number of carbonyl (C=O) groups is 3. The summed E-state index contributed by atoms with van der Waals surface area (Å²) in [5.74, 6) is 0.232. The number of amides is 3. The first-order valence-corrected chi connectivity index (χ1v) is 11.7. The molecule has 0 bridgehead atoms. The van der Waals surface area contributed by atoms with E-state index < -0.39 is 18.5 Å². The molecule has 1 saturated heterocycles. The quantitative estimate of drug-likeness (QED) is 0.483. The summed E-state index contributed by atoms with van der Waals surface area (Å²) in [5.41, 5.74) is 3.05. The summed E-state index contributed by atoms with van der Waals surface area (Å²) in [7, 11) is 1.68. The Morgan fingerprint density at radius 2 is 1.97 bits per heavy atom. The van der Waals surface area contributed by atoms with Crippen molar-refractivity contribution in [1.82, 2.24) is 20.2 Å². The number of ether oxygens (including phenoxy) is 2. The number of hydrogen-bond acceptors (Lipinski definition) is 8. The Labute approximate surface area is 209 Å². The van der Waals surface area contributed by atoms with Gasteiger partial charge in [-0.3, -0.25) is 9.59 Å². The lowest BCUT2D eigenvalue weighted by Crippen LogP contribution is -2.44. The molecule has 2 aliphatic rings. The molecule has 3 amide bonds. The molecule has 1 aromatic heterocycles. The van der Waals surface area contributed by atoms with E-state index in [4.69, 9.17) is 19.8 Å². The van der Waals surface area contributed by atoms with Gasteiger partial charge in [-0.25, -0.2) is 14.8 Å². The van der Waals surface area contributed by atoms with Crippen LogP contribution in [0, 0.1) is 0 Å². The molecular formula is C24H32N6O6. The number of carboxylic acid groups (broad SMARTS) is 1. The molecule has 2 aliphatic heterocycles. The minimum atomic E-state index is -1.12. The highest BCUT2D eigenvalue weighted by Gasteiger charge is 2.30. The summed E-state index contributed by atoms with van der Waals surface area (Å²) >= 11 is 0. The van der Waals surface area contributed by atoms with Crippen LogP contribution >= 0.6 is 0 Å². The first-order valence-electron chi connectivity index (χ1n) is 11.7. The summed E-state index contributed by atoms with van der Waals surface area (Å²) in [6, 6.07) is 6.51. The molecular weight excluding hydrogens is 468 g/mol. The van der Waals surface area contributed by atoms with Crippen molar-refractivity contribution < 1.29 is 29.0 Å². The molecule has 3 N–H and O–H groups in total. The molecule has 1 atom stereocenters. The van der Waals surface area contributed by atoms with Crippen LogP contribution in [-0.2, 0) is 32.2 Å². The lowest BCUT2D eigenvalue weighted by Gasteiger charge is -2.35. The smallest absolute Gasteiger partial charge is 0.323 e. The molecule has 12 heteroatoms. The van der Waals surface area contributed by atoms with Crippen LogP contribution in [-0.4, -0.2) is 84.4 Å². The third-order valence-electron chi connectivity index (χ3n) is 5.66. The zero-order valence-corrected chi connectivity index (χ0v) is 20.7. The normalized spacial score (nSPS) is 16.5. The van der Waals surface area contributed by atoms with Crippen LogP contribution in [0.5, 0.6) is 0 Å². The van der Waals surface area contributed by atoms with Crippen molar-refractivity contribution in [2.75, 3.05) is 50.2 Å². The Hall–Kier alpha value is -3.77. The number of nitrogens with one attached hydrogen (secondary N) is 2. The number of carbonyl (C=O) groups excluding carboxylic acids is 2. The number of benzene rings is 1. The number of morpholine rings is 1. The number of rotatable bonds is 7. The van der Waals surface area contributed by atoms with Crippen molar-refractivity contribution in [3.05, 3.63) is 35.5 Å². The molecule has 194 valence electrons. The van der Waals surface area contributed by atoms with Gasteiger partial charge in [0.15, 0.2) is 5.82 Å². The van der Waals surface area contributed by atoms with E-state index in [1.165, 1.54) is 0 Å². The van der Waals surface area contributed by atoms with E-state index in [1.54, 1.807) is 36.3 Å². The van der Waals surface area contributed by atoms with Crippen LogP contribution in [0.4, 0.5) is 16.3 Å². The first-order chi connectivity index (χ1) is 17.4. The molecule has 0 saturated carbocycles. The van der Waals surface area contributed by atoms with E-state index in [2.05, 4.69) is 27.2 Å². The number of urea groups is 1. The van der Waals surface area contributed by atoms with Crippen molar-refractivity contribution >= 4 is 29.9 Å². The van der Waals surface area contributed by atoms with Gasteiger partial charge in [-0.05, 0) is 38.1 Å². The highest BCUT2D eigenvalue weighted by Crippen LogP contribution is 2.33. The second-order valence-corrected chi connectivity index (χ2v) is 8.28. The van der Waals surface area contributed by atoms with Crippen LogP contribution in [0.2, 0.25) is 0 Å². The van der Waals surface area contributed by atoms with E-state index in [-0.39, 0.29) is 6.04 Å². The minimum absolute atomic E-state index is 0.150. The maximum atomic E-state index is 11.8. The zero-order valence-electron chi connectivity index (χ0n) is 20.7. The van der Waals surface area contributed by atoms with Crippen molar-refractivity contribution in [2.24, 2.45) is 0 Å². The first kappa shape index (κ1) is 26.8. The molecule has 0 aliphatic carbocycles. The van der Waals surface area contributed by atoms with Gasteiger partial charge in [0, 0.05) is 37.1 Å². The second kappa shape index (κ2) is 12.8. The van der Waals surface area contributed by atoms with Crippen LogP contribution in [0.25, 0.3) is 11.4 Å². The number of fused-ring (bicyclic) bond motifs is 1. The molecule has 0 radical (unpaired) electrons. The molecule has 36 heavy (non-hydrogen) atoms. The lowest BCUT2D eigenvalue weighted by molar-refractivity contribution is -0.135. The van der Waals surface area contributed by atoms with Gasteiger partial charge < -0.3 is 35.0 Å². The maximum absolute atomic E-state index is 11.8. The zero-order chi connectivity index (χ0) is 26.1. The number of carboxylic acids is 1. The monoisotopic (exact) mass is 500 g/mol. The number of methoxy groups -OCH3 is 1. The molecule has 1 unspecified atom stereocenters. The van der Waals surface area contributed by atoms with Gasteiger partial charge in [0.05, 0.1) is 38.0 Å². The van der Waals surface area contributed by atoms with Gasteiger partial charge in [-0.2, -0.15) is 0 Å². The van der Waals surface area contributed by atoms with Gasteiger partial charge in [0.25, 0.3) is 0 Å². The summed E-state index contributed by atoms with van der Waals surface area (Å²) in [5, 5.41) is 13.5. The van der Waals surface area contributed by atoms with Crippen molar-refractivity contribution in [2.45, 2.75) is 33.0 Å². The summed E-state index contributed by atoms with van der Waals surface area (Å²) in [6.45, 7) is 7.23. The molecule has 1 fully saturated rings.